The Morgan fingerprint density at radius 3 is 2.78 bits per heavy atom. The second-order valence-electron chi connectivity index (χ2n) is 9.34. The first kappa shape index (κ1) is 24.2. The Balaban J connectivity index is 1.45. The lowest BCUT2D eigenvalue weighted by Crippen LogP contribution is -2.53. The van der Waals surface area contributed by atoms with Gasteiger partial charge in [0.25, 0.3) is 5.91 Å². The molecule has 6 nitrogen and oxygen atoms in total. The van der Waals surface area contributed by atoms with E-state index in [4.69, 9.17) is 16.3 Å². The standard InChI is InChI=1S/C27H23ClF2N4O2S/c1-31-19-6-3-16-11-22(19)36-21-7-2-14(20-12-32-8-9-33-20)10-15(21)13-34(16)27(35)26-24(28)23-17(29)4-5-18(30)25(23)37-26/h2,4-5,7-10,12,16,19,22,31H,3,6,11,13H2,1H3/t16-,19+,22?/m0/s1. The lowest BCUT2D eigenvalue weighted by atomic mass is 9.86. The number of carbonyl (C=O) groups is 1. The Morgan fingerprint density at radius 2 is 2.03 bits per heavy atom. The lowest BCUT2D eigenvalue weighted by Gasteiger charge is -2.43. The van der Waals surface area contributed by atoms with Gasteiger partial charge in [-0.3, -0.25) is 14.8 Å². The van der Waals surface area contributed by atoms with E-state index in [1.54, 1.807) is 23.5 Å². The van der Waals surface area contributed by atoms with Gasteiger partial charge in [-0.25, -0.2) is 8.78 Å². The summed E-state index contributed by atoms with van der Waals surface area (Å²) in [5.74, 6) is -0.895. The van der Waals surface area contributed by atoms with Crippen LogP contribution in [0.2, 0.25) is 5.02 Å². The molecule has 0 spiro atoms. The fraction of sp³-hybridized carbons (Fsp3) is 0.296. The third-order valence-electron chi connectivity index (χ3n) is 7.25. The van der Waals surface area contributed by atoms with E-state index in [1.807, 2.05) is 25.2 Å². The van der Waals surface area contributed by atoms with Crippen molar-refractivity contribution in [3.8, 4) is 17.0 Å². The minimum Gasteiger partial charge on any atom is -0.488 e. The van der Waals surface area contributed by atoms with E-state index in [0.29, 0.717) is 17.9 Å². The molecule has 10 heteroatoms. The molecule has 37 heavy (non-hydrogen) atoms. The maximum atomic E-state index is 14.5. The van der Waals surface area contributed by atoms with Crippen LogP contribution in [-0.4, -0.2) is 46.0 Å². The lowest BCUT2D eigenvalue weighted by molar-refractivity contribution is 0.0306. The highest BCUT2D eigenvalue weighted by Crippen LogP contribution is 2.41. The zero-order chi connectivity index (χ0) is 25.7. The molecule has 1 aliphatic carbocycles. The minimum absolute atomic E-state index is 0.0469. The molecule has 1 fully saturated rings. The van der Waals surface area contributed by atoms with Crippen molar-refractivity contribution in [1.82, 2.24) is 20.2 Å². The Hall–Kier alpha value is -3.14. The van der Waals surface area contributed by atoms with Crippen molar-refractivity contribution in [2.24, 2.45) is 0 Å². The fourth-order valence-corrected chi connectivity index (χ4v) is 6.86. The topological polar surface area (TPSA) is 67.3 Å². The summed E-state index contributed by atoms with van der Waals surface area (Å²) in [4.78, 5) is 24.5. The molecule has 1 saturated carbocycles. The van der Waals surface area contributed by atoms with Crippen LogP contribution in [-0.2, 0) is 6.54 Å². The Bertz CT molecular complexity index is 1500. The van der Waals surface area contributed by atoms with Crippen LogP contribution in [0.25, 0.3) is 21.3 Å². The first-order valence-corrected chi connectivity index (χ1v) is 13.2. The summed E-state index contributed by atoms with van der Waals surface area (Å²) in [6.07, 6.45) is 7.00. The van der Waals surface area contributed by atoms with Gasteiger partial charge in [0.15, 0.2) is 0 Å². The largest absolute Gasteiger partial charge is 0.488 e. The van der Waals surface area contributed by atoms with E-state index in [1.165, 1.54) is 0 Å². The second-order valence-corrected chi connectivity index (χ2v) is 10.7. The number of hydrogen-bond acceptors (Lipinski definition) is 6. The Kier molecular flexibility index (Phi) is 6.30. The van der Waals surface area contributed by atoms with Crippen LogP contribution in [0.3, 0.4) is 0 Å². The SMILES string of the molecule is CN[C@@H]1CC[C@H]2CC1Oc1ccc(-c3cnccn3)cc1CN2C(=O)c1sc2c(F)ccc(F)c2c1Cl. The van der Waals surface area contributed by atoms with Gasteiger partial charge in [0.2, 0.25) is 0 Å². The van der Waals surface area contributed by atoms with Gasteiger partial charge in [-0.2, -0.15) is 0 Å². The molecule has 2 aromatic carbocycles. The zero-order valence-corrected chi connectivity index (χ0v) is 21.5. The predicted molar refractivity (Wildman–Crippen MR) is 139 cm³/mol. The van der Waals surface area contributed by atoms with E-state index >= 15 is 0 Å². The highest BCUT2D eigenvalue weighted by molar-refractivity contribution is 7.21. The maximum absolute atomic E-state index is 14.5. The molecule has 2 aromatic heterocycles. The molecular formula is C27H23ClF2N4O2S. The fourth-order valence-electron chi connectivity index (χ4n) is 5.36. The number of thiophene rings is 1. The highest BCUT2D eigenvalue weighted by Gasteiger charge is 2.39. The van der Waals surface area contributed by atoms with Gasteiger partial charge in [-0.15, -0.1) is 11.3 Å². The summed E-state index contributed by atoms with van der Waals surface area (Å²) in [6, 6.07) is 7.90. The van der Waals surface area contributed by atoms with Crippen molar-refractivity contribution in [2.45, 2.75) is 44.0 Å². The number of carbonyl (C=O) groups excluding carboxylic acids is 1. The third kappa shape index (κ3) is 4.24. The van der Waals surface area contributed by atoms with Crippen LogP contribution in [0.5, 0.6) is 5.75 Å². The minimum atomic E-state index is -0.647. The van der Waals surface area contributed by atoms with Gasteiger partial charge in [0.1, 0.15) is 28.4 Å². The number of aromatic nitrogens is 2. The summed E-state index contributed by atoms with van der Waals surface area (Å²) in [6.45, 7) is 0.263. The molecule has 2 bridgehead atoms. The van der Waals surface area contributed by atoms with E-state index in [0.717, 1.165) is 47.4 Å². The molecule has 3 atom stereocenters. The van der Waals surface area contributed by atoms with Crippen LogP contribution < -0.4 is 10.1 Å². The summed E-state index contributed by atoms with van der Waals surface area (Å²) in [5, 5.41) is 3.25. The number of likely N-dealkylation sites (N-methyl/N-ethyl adjacent to an activating group) is 1. The Labute approximate surface area is 221 Å². The molecule has 190 valence electrons. The van der Waals surface area contributed by atoms with Gasteiger partial charge < -0.3 is 15.0 Å². The molecule has 1 aliphatic heterocycles. The average Bonchev–Trinajstić information content (AvgIpc) is 3.27. The van der Waals surface area contributed by atoms with Crippen LogP contribution in [0.15, 0.2) is 48.9 Å². The summed E-state index contributed by atoms with van der Waals surface area (Å²) in [7, 11) is 1.91. The number of rotatable bonds is 3. The van der Waals surface area contributed by atoms with Crippen molar-refractivity contribution in [2.75, 3.05) is 7.05 Å². The first-order valence-electron chi connectivity index (χ1n) is 12.0. The van der Waals surface area contributed by atoms with Crippen molar-refractivity contribution in [3.63, 3.8) is 0 Å². The van der Waals surface area contributed by atoms with E-state index in [9.17, 15) is 13.6 Å². The number of nitrogens with zero attached hydrogens (tertiary/aromatic N) is 3. The van der Waals surface area contributed by atoms with Gasteiger partial charge >= 0.3 is 0 Å². The second kappa shape index (κ2) is 9.63. The number of fused-ring (bicyclic) bond motifs is 4. The molecule has 0 saturated heterocycles. The summed E-state index contributed by atoms with van der Waals surface area (Å²) in [5.41, 5.74) is 2.37. The number of halogens is 3. The molecule has 1 N–H and O–H groups in total. The van der Waals surface area contributed by atoms with Gasteiger partial charge in [-0.1, -0.05) is 11.6 Å². The molecule has 2 aliphatic rings. The number of hydrogen-bond donors (Lipinski definition) is 1. The van der Waals surface area contributed by atoms with Gasteiger partial charge in [-0.05, 0) is 50.2 Å². The zero-order valence-electron chi connectivity index (χ0n) is 19.9. The molecule has 0 radical (unpaired) electrons. The summed E-state index contributed by atoms with van der Waals surface area (Å²) < 4.78 is 35.6. The van der Waals surface area contributed by atoms with Crippen LogP contribution in [0.4, 0.5) is 8.78 Å². The monoisotopic (exact) mass is 540 g/mol. The smallest absolute Gasteiger partial charge is 0.266 e. The van der Waals surface area contributed by atoms with E-state index in [-0.39, 0.29) is 50.6 Å². The van der Waals surface area contributed by atoms with Crippen molar-refractivity contribution >= 4 is 38.9 Å². The van der Waals surface area contributed by atoms with Crippen LogP contribution in [0.1, 0.15) is 34.5 Å². The number of ether oxygens (including phenoxy) is 1. The van der Waals surface area contributed by atoms with Crippen molar-refractivity contribution in [1.29, 1.82) is 0 Å². The molecule has 6 rings (SSSR count). The predicted octanol–water partition coefficient (Wildman–Crippen LogP) is 5.83. The molecular weight excluding hydrogens is 518 g/mol. The van der Waals surface area contributed by atoms with E-state index in [2.05, 4.69) is 15.3 Å². The first-order chi connectivity index (χ1) is 17.9. The van der Waals surface area contributed by atoms with Crippen molar-refractivity contribution < 1.29 is 18.3 Å². The van der Waals surface area contributed by atoms with Gasteiger partial charge in [0.05, 0.1) is 27.0 Å². The highest BCUT2D eigenvalue weighted by atomic mass is 35.5. The molecule has 4 aromatic rings. The van der Waals surface area contributed by atoms with Crippen molar-refractivity contribution in [3.05, 3.63) is 76.0 Å². The van der Waals surface area contributed by atoms with Gasteiger partial charge in [0, 0.05) is 48.6 Å². The van der Waals surface area contributed by atoms with Crippen LogP contribution in [0, 0.1) is 11.6 Å². The maximum Gasteiger partial charge on any atom is 0.266 e. The Morgan fingerprint density at radius 1 is 1.19 bits per heavy atom. The molecule has 1 amide bonds. The molecule has 1 unspecified atom stereocenters. The normalized spacial score (nSPS) is 21.2. The summed E-state index contributed by atoms with van der Waals surface area (Å²) >= 11 is 7.41. The number of nitrogens with one attached hydrogen (secondary N) is 1. The molecule has 3 heterocycles. The quantitative estimate of drug-likeness (QED) is 0.354. The van der Waals surface area contributed by atoms with Crippen LogP contribution >= 0.6 is 22.9 Å². The number of amides is 1. The number of benzene rings is 2. The third-order valence-corrected chi connectivity index (χ3v) is 8.93. The average molecular weight is 541 g/mol. The van der Waals surface area contributed by atoms with E-state index < -0.39 is 11.6 Å².